The number of nitrogens with zero attached hydrogens (tertiary/aromatic N) is 1. The van der Waals surface area contributed by atoms with Crippen LogP contribution < -0.4 is 11.2 Å². The zero-order valence-corrected chi connectivity index (χ0v) is 12.3. The second kappa shape index (κ2) is 6.71. The van der Waals surface area contributed by atoms with Gasteiger partial charge < -0.3 is 20.4 Å². The van der Waals surface area contributed by atoms with Gasteiger partial charge in [0, 0.05) is 5.56 Å². The number of hydrogen-bond acceptors (Lipinski definition) is 5. The van der Waals surface area contributed by atoms with Gasteiger partial charge in [0.15, 0.2) is 5.11 Å². The van der Waals surface area contributed by atoms with Crippen LogP contribution in [-0.2, 0) is 0 Å². The molecule has 0 bridgehead atoms. The Morgan fingerprint density at radius 1 is 1.17 bits per heavy atom. The summed E-state index contributed by atoms with van der Waals surface area (Å²) in [6, 6.07) is 6.86. The maximum absolute atomic E-state index is 11.1. The fourth-order valence-electron chi connectivity index (χ4n) is 1.75. The van der Waals surface area contributed by atoms with Crippen molar-refractivity contribution in [2.24, 2.45) is 10.8 Å². The summed E-state index contributed by atoms with van der Waals surface area (Å²) in [7, 11) is 0. The van der Waals surface area contributed by atoms with E-state index in [4.69, 9.17) is 20.4 Å². The van der Waals surface area contributed by atoms with E-state index in [0.29, 0.717) is 17.1 Å². The van der Waals surface area contributed by atoms with Crippen LogP contribution in [0.25, 0.3) is 11.3 Å². The molecule has 0 radical (unpaired) electrons. The lowest BCUT2D eigenvalue weighted by atomic mass is 10.0. The molecule has 0 spiro atoms. The third kappa shape index (κ3) is 4.14. The number of hydrazone groups is 1. The first-order chi connectivity index (χ1) is 10.9. The van der Waals surface area contributed by atoms with Gasteiger partial charge in [-0.3, -0.25) is 5.43 Å². The van der Waals surface area contributed by atoms with Gasteiger partial charge in [-0.05, 0) is 42.5 Å². The summed E-state index contributed by atoms with van der Waals surface area (Å²) in [5, 5.41) is 21.8. The highest BCUT2D eigenvalue weighted by Gasteiger charge is 2.14. The summed E-state index contributed by atoms with van der Waals surface area (Å²) in [6.45, 7) is 0. The van der Waals surface area contributed by atoms with E-state index in [1.807, 2.05) is 0 Å². The lowest BCUT2D eigenvalue weighted by Crippen LogP contribution is -2.23. The fourth-order valence-corrected chi connectivity index (χ4v) is 1.81. The monoisotopic (exact) mass is 333 g/mol. The van der Waals surface area contributed by atoms with E-state index in [1.165, 1.54) is 18.3 Å². The molecule has 1 aromatic heterocycles. The van der Waals surface area contributed by atoms with Crippen LogP contribution in [0.15, 0.2) is 39.9 Å². The van der Waals surface area contributed by atoms with Crippen molar-refractivity contribution < 1.29 is 24.2 Å². The molecule has 8 nitrogen and oxygen atoms in total. The van der Waals surface area contributed by atoms with Crippen molar-refractivity contribution in [2.45, 2.75) is 0 Å². The topological polar surface area (TPSA) is 138 Å². The Kier molecular flexibility index (Phi) is 4.72. The highest BCUT2D eigenvalue weighted by molar-refractivity contribution is 7.80. The summed E-state index contributed by atoms with van der Waals surface area (Å²) >= 11 is 4.58. The first kappa shape index (κ1) is 16.2. The van der Waals surface area contributed by atoms with Gasteiger partial charge in [-0.1, -0.05) is 0 Å². The number of nitrogens with one attached hydrogen (secondary N) is 1. The van der Waals surface area contributed by atoms with Crippen LogP contribution in [0.1, 0.15) is 26.5 Å². The standard InChI is InChI=1S/C14H11N3O5S/c15-14(23)17-16-6-10-1-2-11(22-10)7-3-8(12(18)19)5-9(4-7)13(20)21/h1-6H,(H,18,19)(H,20,21)(H3,15,17,23)/b16-6-. The molecule has 0 unspecified atom stereocenters. The summed E-state index contributed by atoms with van der Waals surface area (Å²) < 4.78 is 5.46. The summed E-state index contributed by atoms with van der Waals surface area (Å²) in [5.41, 5.74) is 7.58. The van der Waals surface area contributed by atoms with Crippen molar-refractivity contribution >= 4 is 35.5 Å². The highest BCUT2D eigenvalue weighted by atomic mass is 32.1. The molecule has 9 heteroatoms. The van der Waals surface area contributed by atoms with Crippen molar-refractivity contribution in [1.29, 1.82) is 0 Å². The van der Waals surface area contributed by atoms with Crippen LogP contribution in [-0.4, -0.2) is 33.5 Å². The zero-order valence-electron chi connectivity index (χ0n) is 11.5. The Morgan fingerprint density at radius 2 is 1.78 bits per heavy atom. The largest absolute Gasteiger partial charge is 0.478 e. The predicted molar refractivity (Wildman–Crippen MR) is 85.6 cm³/mol. The summed E-state index contributed by atoms with van der Waals surface area (Å²) in [4.78, 5) is 22.2. The number of carbonyl (C=O) groups is 2. The molecule has 2 rings (SSSR count). The van der Waals surface area contributed by atoms with Crippen molar-refractivity contribution in [2.75, 3.05) is 0 Å². The van der Waals surface area contributed by atoms with E-state index in [2.05, 4.69) is 22.7 Å². The molecular formula is C14H11N3O5S. The van der Waals surface area contributed by atoms with Crippen LogP contribution >= 0.6 is 12.2 Å². The molecule has 5 N–H and O–H groups in total. The summed E-state index contributed by atoms with van der Waals surface area (Å²) in [5.74, 6) is -1.82. The van der Waals surface area contributed by atoms with Gasteiger partial charge in [0.05, 0.1) is 17.3 Å². The minimum atomic E-state index is -1.23. The molecule has 0 fully saturated rings. The van der Waals surface area contributed by atoms with Crippen molar-refractivity contribution in [3.8, 4) is 11.3 Å². The minimum absolute atomic E-state index is 0.00621. The fraction of sp³-hybridized carbons (Fsp3) is 0. The third-order valence-electron chi connectivity index (χ3n) is 2.70. The Hall–Kier alpha value is -3.20. The Bertz CT molecular complexity index is 780. The van der Waals surface area contributed by atoms with Gasteiger partial charge in [-0.2, -0.15) is 5.10 Å². The molecule has 2 aromatic rings. The number of furan rings is 1. The van der Waals surface area contributed by atoms with Gasteiger partial charge in [0.25, 0.3) is 0 Å². The first-order valence-electron chi connectivity index (χ1n) is 6.17. The SMILES string of the molecule is NC(=S)N/N=C\c1ccc(-c2cc(C(=O)O)cc(C(=O)O)c2)o1. The zero-order chi connectivity index (χ0) is 17.0. The first-order valence-corrected chi connectivity index (χ1v) is 6.58. The average molecular weight is 333 g/mol. The number of hydrogen-bond donors (Lipinski definition) is 4. The number of carboxylic acids is 2. The molecule has 0 atom stereocenters. The molecule has 0 saturated carbocycles. The van der Waals surface area contributed by atoms with E-state index in [1.54, 1.807) is 12.1 Å². The van der Waals surface area contributed by atoms with Crippen LogP contribution in [0.5, 0.6) is 0 Å². The second-order valence-electron chi connectivity index (χ2n) is 4.35. The Balaban J connectivity index is 2.36. The second-order valence-corrected chi connectivity index (χ2v) is 4.79. The molecule has 1 heterocycles. The lowest BCUT2D eigenvalue weighted by molar-refractivity contribution is 0.0696. The molecule has 0 aliphatic heterocycles. The van der Waals surface area contributed by atoms with Crippen molar-refractivity contribution in [3.05, 3.63) is 47.2 Å². The van der Waals surface area contributed by atoms with Gasteiger partial charge in [0.1, 0.15) is 11.5 Å². The van der Waals surface area contributed by atoms with E-state index < -0.39 is 11.9 Å². The lowest BCUT2D eigenvalue weighted by Gasteiger charge is -2.03. The predicted octanol–water partition coefficient (Wildman–Crippen LogP) is 1.51. The van der Waals surface area contributed by atoms with Crippen LogP contribution in [0.3, 0.4) is 0 Å². The molecule has 118 valence electrons. The van der Waals surface area contributed by atoms with Crippen LogP contribution in [0.2, 0.25) is 0 Å². The van der Waals surface area contributed by atoms with Crippen LogP contribution in [0, 0.1) is 0 Å². The number of nitrogens with two attached hydrogens (primary N) is 1. The van der Waals surface area contributed by atoms with Gasteiger partial charge >= 0.3 is 11.9 Å². The quantitative estimate of drug-likeness (QED) is 0.367. The number of aromatic carboxylic acids is 2. The smallest absolute Gasteiger partial charge is 0.335 e. The minimum Gasteiger partial charge on any atom is -0.478 e. The molecule has 0 saturated heterocycles. The summed E-state index contributed by atoms with van der Waals surface area (Å²) in [6.07, 6.45) is 1.32. The van der Waals surface area contributed by atoms with Crippen molar-refractivity contribution in [3.63, 3.8) is 0 Å². The molecule has 23 heavy (non-hydrogen) atoms. The van der Waals surface area contributed by atoms with Gasteiger partial charge in [-0.15, -0.1) is 0 Å². The molecular weight excluding hydrogens is 322 g/mol. The number of carboxylic acid groups (broad SMARTS) is 2. The van der Waals surface area contributed by atoms with E-state index in [9.17, 15) is 9.59 Å². The number of rotatable bonds is 5. The van der Waals surface area contributed by atoms with Gasteiger partial charge in [-0.25, -0.2) is 9.59 Å². The van der Waals surface area contributed by atoms with Crippen LogP contribution in [0.4, 0.5) is 0 Å². The number of benzene rings is 1. The molecule has 0 aliphatic carbocycles. The maximum Gasteiger partial charge on any atom is 0.335 e. The van der Waals surface area contributed by atoms with Crippen molar-refractivity contribution in [1.82, 2.24) is 5.43 Å². The average Bonchev–Trinajstić information content (AvgIpc) is 2.95. The Morgan fingerprint density at radius 3 is 2.30 bits per heavy atom. The Labute approximate surface area is 135 Å². The van der Waals surface area contributed by atoms with E-state index >= 15 is 0 Å². The number of thiocarbonyl (C=S) groups is 1. The molecule has 0 aliphatic rings. The normalized spacial score (nSPS) is 10.6. The highest BCUT2D eigenvalue weighted by Crippen LogP contribution is 2.24. The van der Waals surface area contributed by atoms with E-state index in [0.717, 1.165) is 6.07 Å². The van der Waals surface area contributed by atoms with Gasteiger partial charge in [0.2, 0.25) is 0 Å². The third-order valence-corrected chi connectivity index (χ3v) is 2.80. The molecule has 1 aromatic carbocycles. The molecule has 0 amide bonds. The maximum atomic E-state index is 11.1. The van der Waals surface area contributed by atoms with E-state index in [-0.39, 0.29) is 16.2 Å².